The maximum absolute atomic E-state index is 14.2. The van der Waals surface area contributed by atoms with Crippen molar-refractivity contribution in [2.75, 3.05) is 20.8 Å². The first-order valence-corrected chi connectivity index (χ1v) is 11.1. The van der Waals surface area contributed by atoms with Gasteiger partial charge in [0.05, 0.1) is 25.8 Å². The number of methoxy groups -OCH3 is 2. The van der Waals surface area contributed by atoms with Gasteiger partial charge >= 0.3 is 6.03 Å². The molecular weight excluding hydrogens is 455 g/mol. The van der Waals surface area contributed by atoms with Crippen molar-refractivity contribution in [1.29, 1.82) is 0 Å². The lowest BCUT2D eigenvalue weighted by molar-refractivity contribution is 0.199. The Bertz CT molecular complexity index is 1290. The van der Waals surface area contributed by atoms with Gasteiger partial charge in [0.25, 0.3) is 5.89 Å². The predicted molar refractivity (Wildman–Crippen MR) is 126 cm³/mol. The van der Waals surface area contributed by atoms with Crippen LogP contribution < -0.4 is 14.8 Å². The number of carbonyl (C=O) groups is 1. The normalized spacial score (nSPS) is 16.0. The molecule has 1 aliphatic heterocycles. The van der Waals surface area contributed by atoms with Gasteiger partial charge in [0, 0.05) is 17.8 Å². The zero-order chi connectivity index (χ0) is 25.3. The van der Waals surface area contributed by atoms with E-state index in [2.05, 4.69) is 15.5 Å². The minimum Gasteiger partial charge on any atom is -0.504 e. The number of benzene rings is 2. The van der Waals surface area contributed by atoms with Gasteiger partial charge in [0.1, 0.15) is 0 Å². The van der Waals surface area contributed by atoms with Crippen LogP contribution in [0.3, 0.4) is 0 Å². The summed E-state index contributed by atoms with van der Waals surface area (Å²) in [5, 5.41) is 17.4. The second-order valence-electron chi connectivity index (χ2n) is 8.59. The molecule has 0 bridgehead atoms. The van der Waals surface area contributed by atoms with Gasteiger partial charge in [0.15, 0.2) is 23.1 Å². The van der Waals surface area contributed by atoms with Crippen molar-refractivity contribution in [1.82, 2.24) is 20.4 Å². The molecule has 2 aromatic carbocycles. The maximum Gasteiger partial charge on any atom is 0.322 e. The van der Waals surface area contributed by atoms with Gasteiger partial charge in [-0.3, -0.25) is 4.90 Å². The average Bonchev–Trinajstić information content (AvgIpc) is 3.31. The van der Waals surface area contributed by atoms with E-state index in [4.69, 9.17) is 14.0 Å². The molecule has 1 unspecified atom stereocenters. The lowest BCUT2D eigenvalue weighted by Gasteiger charge is -2.36. The lowest BCUT2D eigenvalue weighted by atomic mass is 9.94. The Morgan fingerprint density at radius 3 is 2.51 bits per heavy atom. The van der Waals surface area contributed by atoms with Crippen molar-refractivity contribution >= 4 is 11.6 Å². The molecule has 3 aromatic rings. The molecule has 0 aliphatic carbocycles. The van der Waals surface area contributed by atoms with Crippen LogP contribution in [0.5, 0.6) is 17.2 Å². The third-order valence-corrected chi connectivity index (χ3v) is 5.75. The van der Waals surface area contributed by atoms with Crippen LogP contribution in [0.1, 0.15) is 38.3 Å². The van der Waals surface area contributed by atoms with Crippen molar-refractivity contribution in [3.8, 4) is 28.6 Å². The van der Waals surface area contributed by atoms with E-state index < -0.39 is 11.9 Å². The number of halogens is 1. The van der Waals surface area contributed by atoms with E-state index in [0.717, 1.165) is 0 Å². The minimum absolute atomic E-state index is 0.0687. The summed E-state index contributed by atoms with van der Waals surface area (Å²) in [6.45, 7) is 6.31. The van der Waals surface area contributed by atoms with E-state index in [1.54, 1.807) is 23.1 Å². The SMILES string of the molecule is COc1ccc(C2NC(=O)N(CC(C)C)C(C)=C2c2nc(-c3ccc(OC)c(F)c3)no2)cc1O. The van der Waals surface area contributed by atoms with Crippen molar-refractivity contribution in [2.45, 2.75) is 26.8 Å². The van der Waals surface area contributed by atoms with Crippen LogP contribution in [0.15, 0.2) is 46.6 Å². The van der Waals surface area contributed by atoms with Crippen LogP contribution in [0.2, 0.25) is 0 Å². The van der Waals surface area contributed by atoms with Crippen molar-refractivity contribution < 1.29 is 28.3 Å². The Labute approximate surface area is 202 Å². The second kappa shape index (κ2) is 9.65. The number of phenols is 1. The van der Waals surface area contributed by atoms with Gasteiger partial charge in [-0.15, -0.1) is 0 Å². The summed E-state index contributed by atoms with van der Waals surface area (Å²) in [4.78, 5) is 19.1. The van der Waals surface area contributed by atoms with E-state index >= 15 is 0 Å². The molecule has 2 N–H and O–H groups in total. The maximum atomic E-state index is 14.2. The Balaban J connectivity index is 1.81. The topological polar surface area (TPSA) is 110 Å². The van der Waals surface area contributed by atoms with Gasteiger partial charge in [-0.25, -0.2) is 9.18 Å². The molecule has 0 fully saturated rings. The number of nitrogens with one attached hydrogen (secondary N) is 1. The first-order chi connectivity index (χ1) is 16.7. The van der Waals surface area contributed by atoms with E-state index in [0.29, 0.717) is 34.7 Å². The minimum atomic E-state index is -0.677. The Kier molecular flexibility index (Phi) is 6.63. The molecule has 1 aliphatic rings. The van der Waals surface area contributed by atoms with Crippen molar-refractivity contribution in [3.05, 3.63) is 59.4 Å². The summed E-state index contributed by atoms with van der Waals surface area (Å²) in [5.74, 6) is 0.357. The predicted octanol–water partition coefficient (Wildman–Crippen LogP) is 4.75. The number of amides is 2. The number of hydrogen-bond donors (Lipinski definition) is 2. The number of rotatable bonds is 7. The average molecular weight is 483 g/mol. The van der Waals surface area contributed by atoms with Gasteiger partial charge in [0.2, 0.25) is 5.82 Å². The molecule has 35 heavy (non-hydrogen) atoms. The van der Waals surface area contributed by atoms with Crippen LogP contribution in [0.4, 0.5) is 9.18 Å². The molecule has 2 heterocycles. The van der Waals surface area contributed by atoms with E-state index in [-0.39, 0.29) is 35.2 Å². The van der Waals surface area contributed by atoms with Crippen LogP contribution in [0.25, 0.3) is 17.0 Å². The highest BCUT2D eigenvalue weighted by molar-refractivity contribution is 5.87. The molecule has 9 nitrogen and oxygen atoms in total. The number of aromatic nitrogens is 2. The van der Waals surface area contributed by atoms with Crippen molar-refractivity contribution in [3.63, 3.8) is 0 Å². The summed E-state index contributed by atoms with van der Waals surface area (Å²) in [6, 6.07) is 8.30. The highest BCUT2D eigenvalue weighted by Crippen LogP contribution is 2.40. The smallest absolute Gasteiger partial charge is 0.322 e. The highest BCUT2D eigenvalue weighted by Gasteiger charge is 2.36. The molecule has 10 heteroatoms. The summed E-state index contributed by atoms with van der Waals surface area (Å²) >= 11 is 0. The zero-order valence-electron chi connectivity index (χ0n) is 20.1. The van der Waals surface area contributed by atoms with Gasteiger partial charge in [-0.2, -0.15) is 4.98 Å². The molecule has 184 valence electrons. The first-order valence-electron chi connectivity index (χ1n) is 11.1. The fraction of sp³-hybridized carbons (Fsp3) is 0.320. The molecule has 1 aromatic heterocycles. The van der Waals surface area contributed by atoms with Crippen LogP contribution >= 0.6 is 0 Å². The lowest BCUT2D eigenvalue weighted by Crippen LogP contribution is -2.47. The van der Waals surface area contributed by atoms with Crippen LogP contribution in [-0.2, 0) is 0 Å². The van der Waals surface area contributed by atoms with E-state index in [1.165, 1.54) is 32.4 Å². The summed E-state index contributed by atoms with van der Waals surface area (Å²) in [7, 11) is 2.84. The van der Waals surface area contributed by atoms with Gasteiger partial charge < -0.3 is 24.4 Å². The standard InChI is InChI=1S/C25H27FN4O5/c1-13(2)12-30-14(3)21(22(27-25(30)32)15-6-9-20(34-5)18(31)11-15)24-28-23(29-35-24)16-7-8-19(33-4)17(26)10-16/h6-11,13,22,31H,12H2,1-5H3,(H,27,32). The summed E-state index contributed by atoms with van der Waals surface area (Å²) in [6.07, 6.45) is 0. The molecule has 2 amide bonds. The highest BCUT2D eigenvalue weighted by atomic mass is 19.1. The van der Waals surface area contributed by atoms with Crippen LogP contribution in [-0.4, -0.2) is 46.9 Å². The number of nitrogens with zero attached hydrogens (tertiary/aromatic N) is 3. The number of aromatic hydroxyl groups is 1. The monoisotopic (exact) mass is 482 g/mol. The Hall–Kier alpha value is -4.08. The molecule has 0 spiro atoms. The zero-order valence-corrected chi connectivity index (χ0v) is 20.1. The molecule has 1 atom stereocenters. The van der Waals surface area contributed by atoms with Gasteiger partial charge in [-0.1, -0.05) is 25.1 Å². The third-order valence-electron chi connectivity index (χ3n) is 5.75. The number of ether oxygens (including phenoxy) is 2. The Morgan fingerprint density at radius 1 is 1.17 bits per heavy atom. The van der Waals surface area contributed by atoms with E-state index in [1.807, 2.05) is 20.8 Å². The van der Waals surface area contributed by atoms with Crippen molar-refractivity contribution in [2.24, 2.45) is 5.92 Å². The van der Waals surface area contributed by atoms with Gasteiger partial charge in [-0.05, 0) is 48.7 Å². The number of allylic oxidation sites excluding steroid dienone is 1. The van der Waals surface area contributed by atoms with Crippen LogP contribution in [0, 0.1) is 11.7 Å². The molecule has 0 radical (unpaired) electrons. The number of carbonyl (C=O) groups excluding carboxylic acids is 1. The second-order valence-corrected chi connectivity index (χ2v) is 8.59. The fourth-order valence-electron chi connectivity index (χ4n) is 4.04. The first kappa shape index (κ1) is 24.1. The quantitative estimate of drug-likeness (QED) is 0.500. The van der Waals surface area contributed by atoms with E-state index in [9.17, 15) is 14.3 Å². The summed E-state index contributed by atoms with van der Waals surface area (Å²) < 4.78 is 30.0. The molecule has 0 saturated carbocycles. The molecule has 0 saturated heterocycles. The third kappa shape index (κ3) is 4.64. The Morgan fingerprint density at radius 2 is 1.89 bits per heavy atom. The number of urea groups is 1. The number of phenolic OH excluding ortho intramolecular Hbond substituents is 1. The molecule has 4 rings (SSSR count). The summed E-state index contributed by atoms with van der Waals surface area (Å²) in [5.41, 5.74) is 2.22. The number of hydrogen-bond acceptors (Lipinski definition) is 7. The fourth-order valence-corrected chi connectivity index (χ4v) is 4.04. The largest absolute Gasteiger partial charge is 0.504 e. The molecular formula is C25H27FN4O5.